The first-order valence-corrected chi connectivity index (χ1v) is 11.3. The number of hydrogen-bond acceptors (Lipinski definition) is 4. The van der Waals surface area contributed by atoms with E-state index >= 15 is 0 Å². The fraction of sp³-hybridized carbons (Fsp3) is 0.462. The Labute approximate surface area is 191 Å². The Kier molecular flexibility index (Phi) is 10.1. The van der Waals surface area contributed by atoms with Gasteiger partial charge in [0, 0.05) is 13.1 Å². The summed E-state index contributed by atoms with van der Waals surface area (Å²) in [4.78, 5) is 27.3. The smallest absolute Gasteiger partial charge is 0.261 e. The van der Waals surface area contributed by atoms with E-state index in [0.29, 0.717) is 24.8 Å². The molecule has 32 heavy (non-hydrogen) atoms. The third-order valence-electron chi connectivity index (χ3n) is 5.42. The number of nitrogens with one attached hydrogen (secondary N) is 1. The molecule has 0 heterocycles. The van der Waals surface area contributed by atoms with Gasteiger partial charge in [0.1, 0.15) is 17.5 Å². The number of benzene rings is 2. The average molecular weight is 441 g/mol. The average Bonchev–Trinajstić information content (AvgIpc) is 2.81. The van der Waals surface area contributed by atoms with Gasteiger partial charge in [-0.3, -0.25) is 9.59 Å². The molecular formula is C26H36N2O4. The van der Waals surface area contributed by atoms with Crippen LogP contribution in [-0.2, 0) is 16.1 Å². The Morgan fingerprint density at radius 1 is 0.969 bits per heavy atom. The Bertz CT molecular complexity index is 847. The highest BCUT2D eigenvalue weighted by Gasteiger charge is 2.26. The Hall–Kier alpha value is -3.02. The van der Waals surface area contributed by atoms with Gasteiger partial charge in [-0.2, -0.15) is 0 Å². The van der Waals surface area contributed by atoms with Crippen LogP contribution in [0.15, 0.2) is 48.5 Å². The fourth-order valence-corrected chi connectivity index (χ4v) is 3.22. The molecule has 0 aromatic heterocycles. The van der Waals surface area contributed by atoms with E-state index in [-0.39, 0.29) is 18.4 Å². The minimum atomic E-state index is -0.617. The first-order valence-electron chi connectivity index (χ1n) is 11.3. The molecule has 0 spiro atoms. The van der Waals surface area contributed by atoms with E-state index in [9.17, 15) is 9.59 Å². The van der Waals surface area contributed by atoms with Crippen LogP contribution in [-0.4, -0.2) is 43.0 Å². The lowest BCUT2D eigenvalue weighted by Crippen LogP contribution is -2.49. The second-order valence-electron chi connectivity index (χ2n) is 8.20. The summed E-state index contributed by atoms with van der Waals surface area (Å²) in [6, 6.07) is 14.6. The van der Waals surface area contributed by atoms with E-state index < -0.39 is 6.04 Å². The van der Waals surface area contributed by atoms with Gasteiger partial charge in [-0.25, -0.2) is 0 Å². The second kappa shape index (κ2) is 12.7. The Balaban J connectivity index is 2.10. The van der Waals surface area contributed by atoms with Crippen LogP contribution >= 0.6 is 0 Å². The van der Waals surface area contributed by atoms with Gasteiger partial charge in [-0.1, -0.05) is 51.5 Å². The molecule has 0 aliphatic rings. The number of nitrogens with zero attached hydrogens (tertiary/aromatic N) is 1. The van der Waals surface area contributed by atoms with Gasteiger partial charge in [0.2, 0.25) is 5.91 Å². The summed E-state index contributed by atoms with van der Waals surface area (Å²) in [6.07, 6.45) is 1.90. The molecule has 0 saturated heterocycles. The second-order valence-corrected chi connectivity index (χ2v) is 8.20. The van der Waals surface area contributed by atoms with Crippen LogP contribution in [0, 0.1) is 0 Å². The summed E-state index contributed by atoms with van der Waals surface area (Å²) in [6.45, 7) is 8.85. The van der Waals surface area contributed by atoms with Gasteiger partial charge in [0.15, 0.2) is 6.61 Å². The molecule has 0 bridgehead atoms. The van der Waals surface area contributed by atoms with Crippen molar-refractivity contribution >= 4 is 11.8 Å². The molecule has 6 nitrogen and oxygen atoms in total. The van der Waals surface area contributed by atoms with E-state index in [1.54, 1.807) is 18.9 Å². The zero-order valence-corrected chi connectivity index (χ0v) is 19.9. The van der Waals surface area contributed by atoms with Crippen molar-refractivity contribution in [2.45, 2.75) is 59.0 Å². The highest BCUT2D eigenvalue weighted by atomic mass is 16.5. The number of unbranched alkanes of at least 4 members (excludes halogenated alkanes) is 1. The maximum absolute atomic E-state index is 13.1. The molecule has 2 aromatic rings. The van der Waals surface area contributed by atoms with Crippen molar-refractivity contribution in [1.29, 1.82) is 0 Å². The largest absolute Gasteiger partial charge is 0.497 e. The lowest BCUT2D eigenvalue weighted by molar-refractivity contribution is -0.142. The number of amides is 2. The maximum Gasteiger partial charge on any atom is 0.261 e. The van der Waals surface area contributed by atoms with E-state index in [1.807, 2.05) is 48.5 Å². The van der Waals surface area contributed by atoms with Gasteiger partial charge in [-0.05, 0) is 54.7 Å². The fourth-order valence-electron chi connectivity index (χ4n) is 3.22. The van der Waals surface area contributed by atoms with Gasteiger partial charge in [0.05, 0.1) is 7.11 Å². The third-order valence-corrected chi connectivity index (χ3v) is 5.42. The molecule has 174 valence electrons. The van der Waals surface area contributed by atoms with Crippen molar-refractivity contribution in [2.75, 3.05) is 20.3 Å². The van der Waals surface area contributed by atoms with E-state index in [0.717, 1.165) is 24.2 Å². The highest BCUT2D eigenvalue weighted by Crippen LogP contribution is 2.19. The summed E-state index contributed by atoms with van der Waals surface area (Å²) in [5.74, 6) is 1.39. The quantitative estimate of drug-likeness (QED) is 0.493. The maximum atomic E-state index is 13.1. The van der Waals surface area contributed by atoms with E-state index in [2.05, 4.69) is 26.1 Å². The van der Waals surface area contributed by atoms with Crippen LogP contribution in [0.1, 0.15) is 57.6 Å². The first kappa shape index (κ1) is 25.2. The summed E-state index contributed by atoms with van der Waals surface area (Å²) < 4.78 is 11.0. The Morgan fingerprint density at radius 3 is 2.16 bits per heavy atom. The molecule has 0 radical (unpaired) electrons. The molecule has 0 fully saturated rings. The van der Waals surface area contributed by atoms with Crippen LogP contribution in [0.25, 0.3) is 0 Å². The summed E-state index contributed by atoms with van der Waals surface area (Å²) in [7, 11) is 1.61. The van der Waals surface area contributed by atoms with Crippen molar-refractivity contribution in [3.05, 3.63) is 59.7 Å². The molecule has 1 atom stereocenters. The normalized spacial score (nSPS) is 11.7. The molecular weight excluding hydrogens is 404 g/mol. The predicted octanol–water partition coefficient (Wildman–Crippen LogP) is 4.53. The highest BCUT2D eigenvalue weighted by molar-refractivity contribution is 5.87. The van der Waals surface area contributed by atoms with Crippen LogP contribution in [0.5, 0.6) is 11.5 Å². The number of methoxy groups -OCH3 is 1. The van der Waals surface area contributed by atoms with E-state index in [4.69, 9.17) is 9.47 Å². The van der Waals surface area contributed by atoms with Gasteiger partial charge < -0.3 is 19.7 Å². The van der Waals surface area contributed by atoms with Crippen LogP contribution < -0.4 is 14.8 Å². The third kappa shape index (κ3) is 7.59. The molecule has 0 aliphatic carbocycles. The summed E-state index contributed by atoms with van der Waals surface area (Å²) in [5.41, 5.74) is 2.12. The molecule has 0 unspecified atom stereocenters. The molecule has 2 aromatic carbocycles. The first-order chi connectivity index (χ1) is 15.3. The number of hydrogen-bond donors (Lipinski definition) is 1. The van der Waals surface area contributed by atoms with Gasteiger partial charge in [-0.15, -0.1) is 0 Å². The van der Waals surface area contributed by atoms with Crippen molar-refractivity contribution in [3.63, 3.8) is 0 Å². The molecule has 2 rings (SSSR count). The molecule has 2 amide bonds. The van der Waals surface area contributed by atoms with Gasteiger partial charge in [0.25, 0.3) is 5.91 Å². The number of carbonyl (C=O) groups excluding carboxylic acids is 2. The summed E-state index contributed by atoms with van der Waals surface area (Å²) in [5, 5.41) is 2.92. The van der Waals surface area contributed by atoms with Crippen LogP contribution in [0.3, 0.4) is 0 Å². The Morgan fingerprint density at radius 2 is 1.59 bits per heavy atom. The topological polar surface area (TPSA) is 67.9 Å². The SMILES string of the molecule is CCCCNC(=O)[C@H](C)N(Cc1ccc(OC)cc1)C(=O)COc1ccc(C(C)C)cc1. The lowest BCUT2D eigenvalue weighted by atomic mass is 10.0. The minimum Gasteiger partial charge on any atom is -0.497 e. The minimum absolute atomic E-state index is 0.135. The zero-order chi connectivity index (χ0) is 23.5. The molecule has 6 heteroatoms. The van der Waals surface area contributed by atoms with Crippen LogP contribution in [0.2, 0.25) is 0 Å². The summed E-state index contributed by atoms with van der Waals surface area (Å²) >= 11 is 0. The van der Waals surface area contributed by atoms with Crippen molar-refractivity contribution in [2.24, 2.45) is 0 Å². The van der Waals surface area contributed by atoms with Crippen molar-refractivity contribution in [3.8, 4) is 11.5 Å². The monoisotopic (exact) mass is 440 g/mol. The van der Waals surface area contributed by atoms with Crippen LogP contribution in [0.4, 0.5) is 0 Å². The number of rotatable bonds is 12. The molecule has 1 N–H and O–H groups in total. The molecule has 0 aliphatic heterocycles. The van der Waals surface area contributed by atoms with Crippen molar-refractivity contribution in [1.82, 2.24) is 10.2 Å². The number of ether oxygens (including phenoxy) is 2. The zero-order valence-electron chi connectivity index (χ0n) is 19.9. The number of carbonyl (C=O) groups is 2. The predicted molar refractivity (Wildman–Crippen MR) is 127 cm³/mol. The van der Waals surface area contributed by atoms with Crippen molar-refractivity contribution < 1.29 is 19.1 Å². The lowest BCUT2D eigenvalue weighted by Gasteiger charge is -2.29. The van der Waals surface area contributed by atoms with E-state index in [1.165, 1.54) is 5.56 Å². The standard InChI is InChI=1S/C26H36N2O4/c1-6-7-16-27-26(30)20(4)28(17-21-8-12-23(31-5)13-9-21)25(29)18-32-24-14-10-22(11-15-24)19(2)3/h8-15,19-20H,6-7,16-18H2,1-5H3,(H,27,30)/t20-/m0/s1. The molecule has 0 saturated carbocycles. The van der Waals surface area contributed by atoms with Gasteiger partial charge >= 0.3 is 0 Å².